The quantitative estimate of drug-likeness (QED) is 0.611. The fourth-order valence-electron chi connectivity index (χ4n) is 0.353. The fraction of sp³-hybridized carbons (Fsp3) is 0.750. The first kappa shape index (κ1) is 9.50. The molecule has 0 atom stereocenters. The van der Waals surface area contributed by atoms with Crippen LogP contribution in [0.25, 0.3) is 0 Å². The van der Waals surface area contributed by atoms with E-state index in [0.717, 1.165) is 0 Å². The van der Waals surface area contributed by atoms with Gasteiger partial charge in [-0.3, -0.25) is 0 Å². The highest BCUT2D eigenvalue weighted by molar-refractivity contribution is 4.88. The van der Waals surface area contributed by atoms with Crippen molar-refractivity contribution in [3.63, 3.8) is 0 Å². The lowest BCUT2D eigenvalue weighted by Gasteiger charge is -2.35. The minimum absolute atomic E-state index is 0.575. The van der Waals surface area contributed by atoms with Gasteiger partial charge in [-0.15, -0.1) is 0 Å². The van der Waals surface area contributed by atoms with Crippen molar-refractivity contribution in [3.05, 3.63) is 12.8 Å². The molecule has 1 N–H and O–H groups in total. The molecule has 0 amide bonds. The number of aliphatic hydroxyl groups is 1. The van der Waals surface area contributed by atoms with Crippen LogP contribution in [0.15, 0.2) is 12.8 Å². The van der Waals surface area contributed by atoms with Crippen molar-refractivity contribution in [3.8, 4) is 0 Å². The predicted molar refractivity (Wildman–Crippen MR) is 41.7 cm³/mol. The highest BCUT2D eigenvalue weighted by atomic mass is 16.5. The SMILES string of the molecule is C=COC(C)(C)C(C)(C)O. The Morgan fingerprint density at radius 3 is 1.80 bits per heavy atom. The molecule has 0 aliphatic carbocycles. The number of rotatable bonds is 3. The third kappa shape index (κ3) is 2.03. The summed E-state index contributed by atoms with van der Waals surface area (Å²) < 4.78 is 5.11. The van der Waals surface area contributed by atoms with Crippen LogP contribution in [0.1, 0.15) is 27.7 Å². The second-order valence-electron chi connectivity index (χ2n) is 3.35. The lowest BCUT2D eigenvalue weighted by atomic mass is 9.90. The molecule has 0 saturated carbocycles. The second kappa shape index (κ2) is 2.62. The average Bonchev–Trinajstić information content (AvgIpc) is 1.61. The normalized spacial score (nSPS) is 12.9. The molecule has 0 rings (SSSR count). The molecule has 0 radical (unpaired) electrons. The van der Waals surface area contributed by atoms with Crippen molar-refractivity contribution < 1.29 is 9.84 Å². The van der Waals surface area contributed by atoms with E-state index in [1.807, 2.05) is 13.8 Å². The van der Waals surface area contributed by atoms with Gasteiger partial charge in [-0.2, -0.15) is 0 Å². The Morgan fingerprint density at radius 1 is 1.30 bits per heavy atom. The van der Waals surface area contributed by atoms with Gasteiger partial charge in [0.1, 0.15) is 5.60 Å². The zero-order chi connectivity index (χ0) is 8.41. The molecule has 0 unspecified atom stereocenters. The molecule has 10 heavy (non-hydrogen) atoms. The summed E-state index contributed by atoms with van der Waals surface area (Å²) >= 11 is 0. The molecule has 0 aliphatic rings. The molecule has 2 nitrogen and oxygen atoms in total. The van der Waals surface area contributed by atoms with Gasteiger partial charge in [0.05, 0.1) is 11.9 Å². The molecule has 60 valence electrons. The van der Waals surface area contributed by atoms with E-state index in [1.54, 1.807) is 13.8 Å². The summed E-state index contributed by atoms with van der Waals surface area (Å²) in [6.07, 6.45) is 1.35. The molecule has 0 aromatic carbocycles. The third-order valence-corrected chi connectivity index (χ3v) is 1.85. The van der Waals surface area contributed by atoms with E-state index in [4.69, 9.17) is 4.74 Å². The smallest absolute Gasteiger partial charge is 0.130 e. The van der Waals surface area contributed by atoms with Gasteiger partial charge in [-0.05, 0) is 27.7 Å². The van der Waals surface area contributed by atoms with Gasteiger partial charge in [0.15, 0.2) is 0 Å². The first-order valence-corrected chi connectivity index (χ1v) is 3.32. The van der Waals surface area contributed by atoms with Gasteiger partial charge < -0.3 is 9.84 Å². The van der Waals surface area contributed by atoms with Crippen molar-refractivity contribution >= 4 is 0 Å². The minimum atomic E-state index is -0.846. The molecule has 0 aromatic rings. The molecule has 0 aliphatic heterocycles. The largest absolute Gasteiger partial charge is 0.493 e. The van der Waals surface area contributed by atoms with Crippen LogP contribution in [0, 0.1) is 0 Å². The van der Waals surface area contributed by atoms with Crippen LogP contribution in [0.5, 0.6) is 0 Å². The molecule has 0 bridgehead atoms. The fourth-order valence-corrected chi connectivity index (χ4v) is 0.353. The summed E-state index contributed by atoms with van der Waals surface area (Å²) in [4.78, 5) is 0. The maximum absolute atomic E-state index is 9.50. The summed E-state index contributed by atoms with van der Waals surface area (Å²) in [6, 6.07) is 0. The Kier molecular flexibility index (Phi) is 2.49. The topological polar surface area (TPSA) is 29.5 Å². The Hall–Kier alpha value is -0.500. The number of hydrogen-bond acceptors (Lipinski definition) is 2. The molecular weight excluding hydrogens is 128 g/mol. The van der Waals surface area contributed by atoms with Crippen LogP contribution in [0.3, 0.4) is 0 Å². The van der Waals surface area contributed by atoms with Crippen LogP contribution >= 0.6 is 0 Å². The van der Waals surface area contributed by atoms with Crippen molar-refractivity contribution in [2.24, 2.45) is 0 Å². The van der Waals surface area contributed by atoms with Gasteiger partial charge in [-0.25, -0.2) is 0 Å². The number of ether oxygens (including phenoxy) is 1. The summed E-state index contributed by atoms with van der Waals surface area (Å²) in [5.74, 6) is 0. The molecule has 2 heteroatoms. The first-order chi connectivity index (χ1) is 4.31. The molecule has 0 heterocycles. The lowest BCUT2D eigenvalue weighted by molar-refractivity contribution is -0.113. The van der Waals surface area contributed by atoms with Gasteiger partial charge >= 0.3 is 0 Å². The second-order valence-corrected chi connectivity index (χ2v) is 3.35. The summed E-state index contributed by atoms with van der Waals surface area (Å²) in [5, 5.41) is 9.50. The van der Waals surface area contributed by atoms with E-state index in [-0.39, 0.29) is 0 Å². The summed E-state index contributed by atoms with van der Waals surface area (Å²) in [5.41, 5.74) is -1.42. The zero-order valence-corrected chi connectivity index (χ0v) is 7.14. The summed E-state index contributed by atoms with van der Waals surface area (Å²) in [6.45, 7) is 10.5. The van der Waals surface area contributed by atoms with E-state index >= 15 is 0 Å². The van der Waals surface area contributed by atoms with E-state index in [9.17, 15) is 5.11 Å². The van der Waals surface area contributed by atoms with Crippen LogP contribution in [-0.4, -0.2) is 16.3 Å². The van der Waals surface area contributed by atoms with Gasteiger partial charge in [0.2, 0.25) is 0 Å². The Morgan fingerprint density at radius 2 is 1.70 bits per heavy atom. The zero-order valence-electron chi connectivity index (χ0n) is 7.14. The van der Waals surface area contributed by atoms with Crippen LogP contribution in [-0.2, 0) is 4.74 Å². The van der Waals surface area contributed by atoms with Crippen LogP contribution in [0.2, 0.25) is 0 Å². The maximum atomic E-state index is 9.50. The van der Waals surface area contributed by atoms with Gasteiger partial charge in [0.25, 0.3) is 0 Å². The standard InChI is InChI=1S/C8H16O2/c1-6-10-8(4,5)7(2,3)9/h6,9H,1H2,2-5H3. The number of hydrogen-bond donors (Lipinski definition) is 1. The van der Waals surface area contributed by atoms with Crippen LogP contribution in [0.4, 0.5) is 0 Å². The Balaban J connectivity index is 4.23. The van der Waals surface area contributed by atoms with Crippen LogP contribution < -0.4 is 0 Å². The van der Waals surface area contributed by atoms with E-state index < -0.39 is 11.2 Å². The molecule has 0 fully saturated rings. The molecule has 0 spiro atoms. The minimum Gasteiger partial charge on any atom is -0.493 e. The average molecular weight is 144 g/mol. The molecule has 0 aromatic heterocycles. The highest BCUT2D eigenvalue weighted by Gasteiger charge is 2.35. The maximum Gasteiger partial charge on any atom is 0.130 e. The van der Waals surface area contributed by atoms with Gasteiger partial charge in [-0.1, -0.05) is 6.58 Å². The molecular formula is C8H16O2. The van der Waals surface area contributed by atoms with E-state index in [0.29, 0.717) is 0 Å². The Labute approximate surface area is 62.5 Å². The summed E-state index contributed by atoms with van der Waals surface area (Å²) in [7, 11) is 0. The van der Waals surface area contributed by atoms with Crippen molar-refractivity contribution in [2.75, 3.05) is 0 Å². The van der Waals surface area contributed by atoms with Crippen molar-refractivity contribution in [1.29, 1.82) is 0 Å². The lowest BCUT2D eigenvalue weighted by Crippen LogP contribution is -2.46. The van der Waals surface area contributed by atoms with Gasteiger partial charge in [0, 0.05) is 0 Å². The van der Waals surface area contributed by atoms with E-state index in [1.165, 1.54) is 6.26 Å². The molecule has 0 saturated heterocycles. The van der Waals surface area contributed by atoms with Crippen molar-refractivity contribution in [1.82, 2.24) is 0 Å². The first-order valence-electron chi connectivity index (χ1n) is 3.32. The third-order valence-electron chi connectivity index (χ3n) is 1.85. The highest BCUT2D eigenvalue weighted by Crippen LogP contribution is 2.24. The van der Waals surface area contributed by atoms with Crippen molar-refractivity contribution in [2.45, 2.75) is 38.9 Å². The monoisotopic (exact) mass is 144 g/mol. The predicted octanol–water partition coefficient (Wildman–Crippen LogP) is 1.70. The Bertz CT molecular complexity index is 120. The van der Waals surface area contributed by atoms with E-state index in [2.05, 4.69) is 6.58 Å².